The van der Waals surface area contributed by atoms with E-state index in [-0.39, 0.29) is 18.0 Å². The molecule has 3 amide bonds. The van der Waals surface area contributed by atoms with Crippen molar-refractivity contribution in [1.82, 2.24) is 20.1 Å². The zero-order valence-corrected chi connectivity index (χ0v) is 23.0. The minimum absolute atomic E-state index is 0.228. The van der Waals surface area contributed by atoms with Gasteiger partial charge in [-0.1, -0.05) is 74.5 Å². The van der Waals surface area contributed by atoms with Crippen LogP contribution in [0.15, 0.2) is 91.4 Å². The number of carbonyl (C=O) groups excluding carboxylic acids is 3. The molecule has 4 rings (SSSR count). The number of halogens is 3. The van der Waals surface area contributed by atoms with E-state index in [9.17, 15) is 32.7 Å². The Balaban J connectivity index is 1.68. The highest BCUT2D eigenvalue weighted by Crippen LogP contribution is 2.31. The third-order valence-corrected chi connectivity index (χ3v) is 6.90. The monoisotopic (exact) mass is 580 g/mol. The summed E-state index contributed by atoms with van der Waals surface area (Å²) in [6.07, 6.45) is -3.69. The molecule has 11 heteroatoms. The Bertz CT molecular complexity index is 1420. The third-order valence-electron chi connectivity index (χ3n) is 6.90. The molecule has 0 saturated carbocycles. The fourth-order valence-electron chi connectivity index (χ4n) is 4.85. The van der Waals surface area contributed by atoms with Gasteiger partial charge in [-0.3, -0.25) is 24.3 Å². The fourth-order valence-corrected chi connectivity index (χ4v) is 4.85. The van der Waals surface area contributed by atoms with Crippen LogP contribution in [-0.2, 0) is 16.0 Å². The summed E-state index contributed by atoms with van der Waals surface area (Å²) in [4.78, 5) is 47.2. The van der Waals surface area contributed by atoms with Gasteiger partial charge >= 0.3 is 6.18 Å². The van der Waals surface area contributed by atoms with Crippen molar-refractivity contribution >= 4 is 23.4 Å². The van der Waals surface area contributed by atoms with E-state index in [0.717, 1.165) is 0 Å². The molecule has 1 aliphatic heterocycles. The first-order chi connectivity index (χ1) is 20.0. The largest absolute Gasteiger partial charge is 0.416 e. The Hall–Kier alpha value is -4.51. The van der Waals surface area contributed by atoms with Crippen LogP contribution in [0.4, 0.5) is 13.2 Å². The molecule has 2 aromatic carbocycles. The maximum Gasteiger partial charge on any atom is 0.416 e. The van der Waals surface area contributed by atoms with E-state index in [0.29, 0.717) is 16.7 Å². The third kappa shape index (κ3) is 7.03. The van der Waals surface area contributed by atoms with Crippen LogP contribution < -0.4 is 5.32 Å². The number of pyridine rings is 1. The van der Waals surface area contributed by atoms with Crippen LogP contribution in [0.25, 0.3) is 5.70 Å². The van der Waals surface area contributed by atoms with Crippen molar-refractivity contribution in [2.45, 2.75) is 44.6 Å². The minimum atomic E-state index is -4.99. The molecule has 2 N–H and O–H groups in total. The molecule has 1 aromatic heterocycles. The van der Waals surface area contributed by atoms with Gasteiger partial charge in [0.05, 0.1) is 11.7 Å². The summed E-state index contributed by atoms with van der Waals surface area (Å²) >= 11 is 0. The van der Waals surface area contributed by atoms with Crippen molar-refractivity contribution in [2.24, 2.45) is 5.92 Å². The van der Waals surface area contributed by atoms with Crippen molar-refractivity contribution in [2.75, 3.05) is 6.54 Å². The summed E-state index contributed by atoms with van der Waals surface area (Å²) < 4.78 is 40.6. The number of hydrogen-bond donors (Lipinski definition) is 2. The average molecular weight is 581 g/mol. The Morgan fingerprint density at radius 2 is 1.57 bits per heavy atom. The molecule has 3 unspecified atom stereocenters. The van der Waals surface area contributed by atoms with Gasteiger partial charge in [0, 0.05) is 24.2 Å². The summed E-state index contributed by atoms with van der Waals surface area (Å²) in [5.74, 6) is -2.29. The first-order valence-corrected chi connectivity index (χ1v) is 13.4. The number of nitrogens with one attached hydrogen (secondary N) is 1. The zero-order chi connectivity index (χ0) is 30.4. The number of aliphatic hydroxyl groups is 1. The second-order valence-electron chi connectivity index (χ2n) is 10.3. The number of aromatic nitrogens is 1. The second kappa shape index (κ2) is 13.0. The number of hydrogen-bond acceptors (Lipinski definition) is 5. The van der Waals surface area contributed by atoms with Gasteiger partial charge in [-0.05, 0) is 35.6 Å². The fraction of sp³-hybridized carbons (Fsp3) is 0.290. The zero-order valence-electron chi connectivity index (χ0n) is 23.0. The van der Waals surface area contributed by atoms with E-state index in [1.165, 1.54) is 40.5 Å². The van der Waals surface area contributed by atoms with E-state index >= 15 is 0 Å². The average Bonchev–Trinajstić information content (AvgIpc) is 2.97. The van der Waals surface area contributed by atoms with E-state index in [2.05, 4.69) is 10.3 Å². The standard InChI is InChI=1S/C31H31F3N4O4/c1-20(2)27-30(42)37(19-26(39)36-24(28(40)31(32,33)34)17-21-9-5-3-6-10-21)25(22-11-7-4-8-12-22)18-38(27)29(41)23-13-15-35-16-14-23/h3-16,18,20,24,27-28,40H,17,19H2,1-2H3,(H,36,39). The molecule has 0 spiro atoms. The van der Waals surface area contributed by atoms with E-state index in [1.807, 2.05) is 0 Å². The van der Waals surface area contributed by atoms with Gasteiger partial charge in [-0.15, -0.1) is 0 Å². The molecular weight excluding hydrogens is 549 g/mol. The van der Waals surface area contributed by atoms with Crippen LogP contribution in [0.1, 0.15) is 35.3 Å². The number of aliphatic hydroxyl groups excluding tert-OH is 1. The Labute approximate surface area is 241 Å². The highest BCUT2D eigenvalue weighted by molar-refractivity contribution is 6.03. The molecule has 8 nitrogen and oxygen atoms in total. The van der Waals surface area contributed by atoms with E-state index in [4.69, 9.17) is 0 Å². The summed E-state index contributed by atoms with van der Waals surface area (Å²) in [5, 5.41) is 12.4. The van der Waals surface area contributed by atoms with Gasteiger partial charge in [0.1, 0.15) is 12.6 Å². The Morgan fingerprint density at radius 1 is 0.976 bits per heavy atom. The van der Waals surface area contributed by atoms with Gasteiger partial charge in [-0.25, -0.2) is 0 Å². The lowest BCUT2D eigenvalue weighted by Crippen LogP contribution is -2.58. The van der Waals surface area contributed by atoms with Crippen LogP contribution in [0.5, 0.6) is 0 Å². The lowest BCUT2D eigenvalue weighted by atomic mass is 9.96. The van der Waals surface area contributed by atoms with Crippen LogP contribution in [0.3, 0.4) is 0 Å². The number of alkyl halides is 3. The molecule has 0 bridgehead atoms. The van der Waals surface area contributed by atoms with Crippen molar-refractivity contribution < 1.29 is 32.7 Å². The molecule has 42 heavy (non-hydrogen) atoms. The smallest absolute Gasteiger partial charge is 0.382 e. The molecule has 3 aromatic rings. The van der Waals surface area contributed by atoms with Crippen LogP contribution in [0.2, 0.25) is 0 Å². The number of amides is 3. The lowest BCUT2D eigenvalue weighted by molar-refractivity contribution is -0.212. The number of nitrogens with zero attached hydrogens (tertiary/aromatic N) is 3. The molecule has 0 radical (unpaired) electrons. The van der Waals surface area contributed by atoms with Gasteiger partial charge in [0.2, 0.25) is 5.91 Å². The quantitative estimate of drug-likeness (QED) is 0.398. The molecule has 0 aliphatic carbocycles. The number of rotatable bonds is 9. The first kappa shape index (κ1) is 30.4. The van der Waals surface area contributed by atoms with Gasteiger partial charge in [-0.2, -0.15) is 13.2 Å². The van der Waals surface area contributed by atoms with Crippen molar-refractivity contribution in [1.29, 1.82) is 0 Å². The predicted octanol–water partition coefficient (Wildman–Crippen LogP) is 4.04. The predicted molar refractivity (Wildman–Crippen MR) is 149 cm³/mol. The summed E-state index contributed by atoms with van der Waals surface area (Å²) in [6.45, 7) is 2.88. The maximum atomic E-state index is 14.0. The Morgan fingerprint density at radius 3 is 2.14 bits per heavy atom. The number of benzene rings is 2. The summed E-state index contributed by atoms with van der Waals surface area (Å²) in [5.41, 5.74) is 1.54. The van der Waals surface area contributed by atoms with Gasteiger partial charge in [0.15, 0.2) is 6.10 Å². The molecule has 1 aliphatic rings. The molecule has 0 saturated heterocycles. The van der Waals surface area contributed by atoms with Crippen LogP contribution in [-0.4, -0.2) is 68.5 Å². The topological polar surface area (TPSA) is 103 Å². The molecule has 2 heterocycles. The number of carbonyl (C=O) groups is 3. The highest BCUT2D eigenvalue weighted by Gasteiger charge is 2.45. The molecule has 3 atom stereocenters. The van der Waals surface area contributed by atoms with Crippen molar-refractivity contribution in [3.8, 4) is 0 Å². The Kier molecular flexibility index (Phi) is 9.41. The highest BCUT2D eigenvalue weighted by atomic mass is 19.4. The maximum absolute atomic E-state index is 14.0. The second-order valence-corrected chi connectivity index (χ2v) is 10.3. The van der Waals surface area contributed by atoms with Crippen molar-refractivity contribution in [3.05, 3.63) is 108 Å². The summed E-state index contributed by atoms with van der Waals surface area (Å²) in [6, 6.07) is 17.1. The van der Waals surface area contributed by atoms with Gasteiger partial charge in [0.25, 0.3) is 11.8 Å². The SMILES string of the molecule is CC(C)C1C(=O)N(CC(=O)NC(Cc2ccccc2)C(O)C(F)(F)F)C(c2ccccc2)=CN1C(=O)c1ccncc1. The van der Waals surface area contributed by atoms with Crippen molar-refractivity contribution in [3.63, 3.8) is 0 Å². The molecule has 220 valence electrons. The van der Waals surface area contributed by atoms with Crippen LogP contribution in [0, 0.1) is 5.92 Å². The van der Waals surface area contributed by atoms with Gasteiger partial charge < -0.3 is 15.3 Å². The lowest BCUT2D eigenvalue weighted by Gasteiger charge is -2.41. The molecule has 0 fully saturated rings. The van der Waals surface area contributed by atoms with E-state index in [1.54, 1.807) is 74.5 Å². The first-order valence-electron chi connectivity index (χ1n) is 13.4. The molecular formula is C31H31F3N4O4. The van der Waals surface area contributed by atoms with E-state index < -0.39 is 48.6 Å². The normalized spacial score (nSPS) is 17.1. The minimum Gasteiger partial charge on any atom is -0.382 e. The van der Waals surface area contributed by atoms with Crippen LogP contribution >= 0.6 is 0 Å². The summed E-state index contributed by atoms with van der Waals surface area (Å²) in [7, 11) is 0.